The Bertz CT molecular complexity index is 530. The molecule has 0 aromatic heterocycles. The molecule has 0 fully saturated rings. The van der Waals surface area contributed by atoms with Gasteiger partial charge in [-0.2, -0.15) is 13.1 Å². The number of anilines is 1. The summed E-state index contributed by atoms with van der Waals surface area (Å²) in [5.41, 5.74) is 1.83. The van der Waals surface area contributed by atoms with Gasteiger partial charge in [0.05, 0.1) is 5.69 Å². The number of benzene rings is 1. The van der Waals surface area contributed by atoms with E-state index in [2.05, 4.69) is 17.0 Å². The Morgan fingerprint density at radius 3 is 2.68 bits per heavy atom. The van der Waals surface area contributed by atoms with Gasteiger partial charge in [-0.05, 0) is 24.6 Å². The Balaban J connectivity index is 2.38. The van der Waals surface area contributed by atoms with Gasteiger partial charge in [-0.1, -0.05) is 32.0 Å². The lowest BCUT2D eigenvalue weighted by atomic mass is 9.98. The minimum atomic E-state index is -3.43. The Hall–Kier alpha value is -1.11. The summed E-state index contributed by atoms with van der Waals surface area (Å²) in [5, 5.41) is 3.40. The van der Waals surface area contributed by atoms with Crippen LogP contribution in [0.4, 0.5) is 5.69 Å². The molecule has 1 aromatic rings. The number of fused-ring (bicyclic) bond motifs is 1. The summed E-state index contributed by atoms with van der Waals surface area (Å²) in [5.74, 6) is 0. The molecule has 0 spiro atoms. The fourth-order valence-corrected chi connectivity index (χ4v) is 3.79. The second-order valence-electron chi connectivity index (χ2n) is 4.53. The third kappa shape index (κ3) is 2.91. The number of rotatable bonds is 5. The fourth-order valence-electron chi connectivity index (χ4n) is 2.50. The molecule has 1 unspecified atom stereocenters. The summed E-state index contributed by atoms with van der Waals surface area (Å²) < 4.78 is 28.4. The summed E-state index contributed by atoms with van der Waals surface area (Å²) in [6.07, 6.45) is 0.787. The highest BCUT2D eigenvalue weighted by Gasteiger charge is 2.30. The van der Waals surface area contributed by atoms with E-state index in [9.17, 15) is 8.42 Å². The van der Waals surface area contributed by atoms with Crippen LogP contribution in [0.3, 0.4) is 0 Å². The van der Waals surface area contributed by atoms with Gasteiger partial charge in [0.15, 0.2) is 0 Å². The lowest BCUT2D eigenvalue weighted by molar-refractivity contribution is 0.500. The Morgan fingerprint density at radius 1 is 1.26 bits per heavy atom. The first-order valence-corrected chi connectivity index (χ1v) is 8.13. The maximum Gasteiger partial charge on any atom is 0.301 e. The lowest BCUT2D eigenvalue weighted by Gasteiger charge is -2.35. The van der Waals surface area contributed by atoms with Gasteiger partial charge < -0.3 is 5.32 Å². The van der Waals surface area contributed by atoms with E-state index in [1.807, 2.05) is 24.3 Å². The number of hydrogen-bond donors (Lipinski definition) is 2. The molecular formula is C13H21N3O2S. The number of hydrogen-bond acceptors (Lipinski definition) is 3. The van der Waals surface area contributed by atoms with E-state index in [1.165, 1.54) is 4.31 Å². The molecule has 0 saturated heterocycles. The van der Waals surface area contributed by atoms with E-state index in [0.29, 0.717) is 13.1 Å². The largest absolute Gasteiger partial charge is 0.310 e. The highest BCUT2D eigenvalue weighted by atomic mass is 32.2. The minimum absolute atomic E-state index is 0.231. The van der Waals surface area contributed by atoms with E-state index < -0.39 is 10.2 Å². The molecule has 0 amide bonds. The number of nitrogens with one attached hydrogen (secondary N) is 2. The van der Waals surface area contributed by atoms with Gasteiger partial charge in [-0.15, -0.1) is 0 Å². The zero-order chi connectivity index (χ0) is 13.9. The molecule has 2 rings (SSSR count). The summed E-state index contributed by atoms with van der Waals surface area (Å²) in [4.78, 5) is 0. The van der Waals surface area contributed by atoms with Crippen molar-refractivity contribution in [3.05, 3.63) is 29.8 Å². The van der Waals surface area contributed by atoms with E-state index in [1.54, 1.807) is 6.92 Å². The van der Waals surface area contributed by atoms with Crippen LogP contribution in [0.25, 0.3) is 0 Å². The molecule has 0 saturated carbocycles. The first-order valence-electron chi connectivity index (χ1n) is 6.69. The monoisotopic (exact) mass is 283 g/mol. The molecule has 1 atom stereocenters. The Labute approximate surface area is 115 Å². The first-order chi connectivity index (χ1) is 9.10. The molecule has 19 heavy (non-hydrogen) atoms. The van der Waals surface area contributed by atoms with Crippen molar-refractivity contribution in [2.75, 3.05) is 23.9 Å². The second-order valence-corrected chi connectivity index (χ2v) is 6.21. The molecule has 0 aliphatic carbocycles. The molecule has 5 nitrogen and oxygen atoms in total. The number of nitrogens with zero attached hydrogens (tertiary/aromatic N) is 1. The van der Waals surface area contributed by atoms with Gasteiger partial charge >= 0.3 is 10.2 Å². The molecular weight excluding hydrogens is 262 g/mol. The molecule has 106 valence electrons. The normalized spacial score (nSPS) is 19.3. The molecule has 6 heteroatoms. The van der Waals surface area contributed by atoms with Gasteiger partial charge in [-0.25, -0.2) is 0 Å². The Morgan fingerprint density at radius 2 is 2.00 bits per heavy atom. The fraction of sp³-hybridized carbons (Fsp3) is 0.538. The van der Waals surface area contributed by atoms with Crippen LogP contribution in [0.2, 0.25) is 0 Å². The average Bonchev–Trinajstić information content (AvgIpc) is 2.39. The van der Waals surface area contributed by atoms with E-state index in [-0.39, 0.29) is 6.04 Å². The molecule has 2 N–H and O–H groups in total. The van der Waals surface area contributed by atoms with Crippen molar-refractivity contribution < 1.29 is 8.42 Å². The van der Waals surface area contributed by atoms with Crippen molar-refractivity contribution in [2.24, 2.45) is 0 Å². The molecule has 1 aliphatic rings. The molecule has 1 heterocycles. The highest BCUT2D eigenvalue weighted by Crippen LogP contribution is 2.34. The molecule has 0 bridgehead atoms. The second kappa shape index (κ2) is 5.90. The van der Waals surface area contributed by atoms with E-state index in [0.717, 1.165) is 24.2 Å². The van der Waals surface area contributed by atoms with Gasteiger partial charge in [-0.3, -0.25) is 4.31 Å². The smallest absolute Gasteiger partial charge is 0.301 e. The molecule has 1 aromatic carbocycles. The first kappa shape index (κ1) is 14.3. The standard InChI is InChI=1S/C13H21N3O2S/c1-3-14-12-9-10-16(19(17,18)15-4-2)13-8-6-5-7-11(12)13/h5-8,12,14-15H,3-4,9-10H2,1-2H3. The average molecular weight is 283 g/mol. The summed E-state index contributed by atoms with van der Waals surface area (Å²) >= 11 is 0. The van der Waals surface area contributed by atoms with Crippen LogP contribution in [0.1, 0.15) is 31.9 Å². The maximum absolute atomic E-state index is 12.2. The third-order valence-electron chi connectivity index (χ3n) is 3.27. The van der Waals surface area contributed by atoms with Crippen LogP contribution in [0.5, 0.6) is 0 Å². The van der Waals surface area contributed by atoms with Crippen LogP contribution < -0.4 is 14.3 Å². The maximum atomic E-state index is 12.2. The van der Waals surface area contributed by atoms with Gasteiger partial charge in [0.1, 0.15) is 0 Å². The van der Waals surface area contributed by atoms with Gasteiger partial charge in [0.2, 0.25) is 0 Å². The van der Waals surface area contributed by atoms with Gasteiger partial charge in [0.25, 0.3) is 0 Å². The SMILES string of the molecule is CCNC1CCN(S(=O)(=O)NCC)c2ccccc21. The van der Waals surface area contributed by atoms with Crippen molar-refractivity contribution >= 4 is 15.9 Å². The third-order valence-corrected chi connectivity index (χ3v) is 4.88. The van der Waals surface area contributed by atoms with Crippen molar-refractivity contribution in [3.8, 4) is 0 Å². The topological polar surface area (TPSA) is 61.4 Å². The van der Waals surface area contributed by atoms with Crippen LogP contribution in [-0.2, 0) is 10.2 Å². The van der Waals surface area contributed by atoms with Crippen molar-refractivity contribution in [1.82, 2.24) is 10.0 Å². The van der Waals surface area contributed by atoms with Crippen LogP contribution >= 0.6 is 0 Å². The predicted octanol–water partition coefficient (Wildman–Crippen LogP) is 1.40. The summed E-state index contributed by atoms with van der Waals surface area (Å²) in [6.45, 7) is 5.62. The Kier molecular flexibility index (Phi) is 4.44. The zero-order valence-corrected chi connectivity index (χ0v) is 12.2. The lowest BCUT2D eigenvalue weighted by Crippen LogP contribution is -2.45. The van der Waals surface area contributed by atoms with E-state index in [4.69, 9.17) is 0 Å². The van der Waals surface area contributed by atoms with Crippen molar-refractivity contribution in [2.45, 2.75) is 26.3 Å². The van der Waals surface area contributed by atoms with Gasteiger partial charge in [0, 0.05) is 19.1 Å². The van der Waals surface area contributed by atoms with Crippen LogP contribution in [-0.4, -0.2) is 28.1 Å². The quantitative estimate of drug-likeness (QED) is 0.858. The van der Waals surface area contributed by atoms with Crippen LogP contribution in [0, 0.1) is 0 Å². The molecule has 0 radical (unpaired) electrons. The van der Waals surface area contributed by atoms with Crippen molar-refractivity contribution in [1.29, 1.82) is 0 Å². The number of para-hydroxylation sites is 1. The highest BCUT2D eigenvalue weighted by molar-refractivity contribution is 7.90. The zero-order valence-electron chi connectivity index (χ0n) is 11.4. The van der Waals surface area contributed by atoms with Crippen molar-refractivity contribution in [3.63, 3.8) is 0 Å². The van der Waals surface area contributed by atoms with E-state index >= 15 is 0 Å². The minimum Gasteiger partial charge on any atom is -0.310 e. The van der Waals surface area contributed by atoms with Crippen LogP contribution in [0.15, 0.2) is 24.3 Å². The molecule has 1 aliphatic heterocycles. The summed E-state index contributed by atoms with van der Waals surface area (Å²) in [6, 6.07) is 7.92. The summed E-state index contributed by atoms with van der Waals surface area (Å²) in [7, 11) is -3.43. The predicted molar refractivity (Wildman–Crippen MR) is 77.4 cm³/mol.